The largest absolute Gasteiger partial charge is 0.508 e. The molecule has 0 aliphatic carbocycles. The maximum atomic E-state index is 10.4. The van der Waals surface area contributed by atoms with Crippen LogP contribution in [0.4, 0.5) is 0 Å². The molecule has 0 radical (unpaired) electrons. The molecule has 0 atom stereocenters. The van der Waals surface area contributed by atoms with E-state index in [2.05, 4.69) is 0 Å². The van der Waals surface area contributed by atoms with Crippen LogP contribution in [0, 0.1) is 0 Å². The highest BCUT2D eigenvalue weighted by molar-refractivity contribution is 5.89. The third kappa shape index (κ3) is 1.84. The number of carbonyl (C=O) groups is 1. The molecule has 0 saturated carbocycles. The Morgan fingerprint density at radius 1 is 1.12 bits per heavy atom. The van der Waals surface area contributed by atoms with Gasteiger partial charge in [-0.2, -0.15) is 0 Å². The number of aromatic hydroxyl groups is 2. The van der Waals surface area contributed by atoms with Gasteiger partial charge in [0.05, 0.1) is 0 Å². The van der Waals surface area contributed by atoms with E-state index in [-0.39, 0.29) is 11.5 Å². The van der Waals surface area contributed by atoms with Gasteiger partial charge in [0.25, 0.3) is 0 Å². The van der Waals surface area contributed by atoms with Gasteiger partial charge in [0.2, 0.25) is 0 Å². The van der Waals surface area contributed by atoms with E-state index in [1.165, 1.54) is 0 Å². The molecular formula is C13H12O3. The highest BCUT2D eigenvalue weighted by Crippen LogP contribution is 2.30. The van der Waals surface area contributed by atoms with Crippen LogP contribution in [-0.4, -0.2) is 16.5 Å². The molecule has 0 aliphatic rings. The number of phenols is 2. The molecule has 2 aromatic carbocycles. The van der Waals surface area contributed by atoms with Crippen molar-refractivity contribution in [3.63, 3.8) is 0 Å². The van der Waals surface area contributed by atoms with Crippen LogP contribution in [0.2, 0.25) is 0 Å². The SMILES string of the molecule is O=CCCc1c(O)ccc2ccc(O)cc12. The highest BCUT2D eigenvalue weighted by Gasteiger charge is 2.07. The van der Waals surface area contributed by atoms with E-state index >= 15 is 0 Å². The molecule has 0 saturated heterocycles. The van der Waals surface area contributed by atoms with Gasteiger partial charge in [-0.05, 0) is 35.4 Å². The number of hydrogen-bond acceptors (Lipinski definition) is 3. The Bertz CT molecular complexity index is 527. The maximum Gasteiger partial charge on any atom is 0.120 e. The average Bonchev–Trinajstić information content (AvgIpc) is 2.28. The number of aldehydes is 1. The van der Waals surface area contributed by atoms with Crippen molar-refractivity contribution < 1.29 is 15.0 Å². The molecule has 16 heavy (non-hydrogen) atoms. The van der Waals surface area contributed by atoms with Crippen LogP contribution in [0.15, 0.2) is 30.3 Å². The van der Waals surface area contributed by atoms with Gasteiger partial charge in [0, 0.05) is 12.0 Å². The molecule has 0 bridgehead atoms. The normalized spacial score (nSPS) is 10.5. The topological polar surface area (TPSA) is 57.5 Å². The van der Waals surface area contributed by atoms with Crippen molar-refractivity contribution in [2.45, 2.75) is 12.8 Å². The van der Waals surface area contributed by atoms with Crippen molar-refractivity contribution in [1.82, 2.24) is 0 Å². The highest BCUT2D eigenvalue weighted by atomic mass is 16.3. The molecular weight excluding hydrogens is 204 g/mol. The lowest BCUT2D eigenvalue weighted by atomic mass is 10.00. The molecule has 2 aromatic rings. The van der Waals surface area contributed by atoms with E-state index in [4.69, 9.17) is 0 Å². The van der Waals surface area contributed by atoms with Gasteiger partial charge in [-0.1, -0.05) is 12.1 Å². The first-order chi connectivity index (χ1) is 7.72. The van der Waals surface area contributed by atoms with Gasteiger partial charge in [-0.25, -0.2) is 0 Å². The first-order valence-corrected chi connectivity index (χ1v) is 5.09. The summed E-state index contributed by atoms with van der Waals surface area (Å²) in [5, 5.41) is 20.9. The predicted molar refractivity (Wildman–Crippen MR) is 61.7 cm³/mol. The van der Waals surface area contributed by atoms with Crippen molar-refractivity contribution in [1.29, 1.82) is 0 Å². The second-order valence-electron chi connectivity index (χ2n) is 3.67. The summed E-state index contributed by atoms with van der Waals surface area (Å²) in [4.78, 5) is 10.4. The first kappa shape index (κ1) is 10.5. The molecule has 82 valence electrons. The molecule has 0 aromatic heterocycles. The summed E-state index contributed by atoms with van der Waals surface area (Å²) in [5.74, 6) is 0.324. The molecule has 0 aliphatic heterocycles. The second kappa shape index (κ2) is 4.23. The van der Waals surface area contributed by atoms with Crippen molar-refractivity contribution in [2.75, 3.05) is 0 Å². The Morgan fingerprint density at radius 3 is 2.62 bits per heavy atom. The Labute approximate surface area is 93.0 Å². The summed E-state index contributed by atoms with van der Waals surface area (Å²) in [5.41, 5.74) is 0.709. The summed E-state index contributed by atoms with van der Waals surface area (Å²) in [6, 6.07) is 8.39. The fourth-order valence-electron chi connectivity index (χ4n) is 1.82. The maximum absolute atomic E-state index is 10.4. The van der Waals surface area contributed by atoms with Crippen molar-refractivity contribution >= 4 is 17.1 Å². The fraction of sp³-hybridized carbons (Fsp3) is 0.154. The number of carbonyl (C=O) groups excluding carboxylic acids is 1. The minimum atomic E-state index is 0.158. The monoisotopic (exact) mass is 216 g/mol. The molecule has 2 N–H and O–H groups in total. The summed E-state index contributed by atoms with van der Waals surface area (Å²) >= 11 is 0. The third-order valence-electron chi connectivity index (χ3n) is 2.60. The fourth-order valence-corrected chi connectivity index (χ4v) is 1.82. The lowest BCUT2D eigenvalue weighted by Gasteiger charge is -2.08. The summed E-state index contributed by atoms with van der Waals surface area (Å²) in [6.07, 6.45) is 1.67. The molecule has 0 unspecified atom stereocenters. The standard InChI is InChI=1S/C13H12O3/c14-7-1-2-11-12-8-10(15)5-3-9(12)4-6-13(11)16/h3-8,15-16H,1-2H2. The number of hydrogen-bond donors (Lipinski definition) is 2. The predicted octanol–water partition coefficient (Wildman–Crippen LogP) is 2.38. The minimum absolute atomic E-state index is 0.158. The van der Waals surface area contributed by atoms with E-state index in [1.54, 1.807) is 30.3 Å². The van der Waals surface area contributed by atoms with Crippen LogP contribution in [0.25, 0.3) is 10.8 Å². The molecule has 3 heteroatoms. The van der Waals surface area contributed by atoms with Crippen molar-refractivity contribution in [3.8, 4) is 11.5 Å². The Kier molecular flexibility index (Phi) is 2.77. The van der Waals surface area contributed by atoms with Gasteiger partial charge in [-0.3, -0.25) is 0 Å². The summed E-state index contributed by atoms with van der Waals surface area (Å²) in [7, 11) is 0. The molecule has 0 amide bonds. The number of aryl methyl sites for hydroxylation is 1. The van der Waals surface area contributed by atoms with Crippen molar-refractivity contribution in [2.24, 2.45) is 0 Å². The quantitative estimate of drug-likeness (QED) is 0.774. The molecule has 3 nitrogen and oxygen atoms in total. The Balaban J connectivity index is 2.62. The average molecular weight is 216 g/mol. The molecule has 0 fully saturated rings. The van der Waals surface area contributed by atoms with Gasteiger partial charge in [-0.15, -0.1) is 0 Å². The number of rotatable bonds is 3. The zero-order chi connectivity index (χ0) is 11.5. The first-order valence-electron chi connectivity index (χ1n) is 5.09. The smallest absolute Gasteiger partial charge is 0.120 e. The van der Waals surface area contributed by atoms with E-state index in [1.807, 2.05) is 0 Å². The van der Waals surface area contributed by atoms with E-state index in [0.29, 0.717) is 18.4 Å². The number of benzene rings is 2. The molecule has 0 heterocycles. The zero-order valence-electron chi connectivity index (χ0n) is 8.68. The van der Waals surface area contributed by atoms with Crippen LogP contribution in [0.5, 0.6) is 11.5 Å². The van der Waals surface area contributed by atoms with Gasteiger partial charge >= 0.3 is 0 Å². The lowest BCUT2D eigenvalue weighted by molar-refractivity contribution is -0.107. The van der Waals surface area contributed by atoms with Crippen molar-refractivity contribution in [3.05, 3.63) is 35.9 Å². The molecule has 0 spiro atoms. The van der Waals surface area contributed by atoms with E-state index in [9.17, 15) is 15.0 Å². The van der Waals surface area contributed by atoms with Crippen LogP contribution >= 0.6 is 0 Å². The zero-order valence-corrected chi connectivity index (χ0v) is 8.68. The third-order valence-corrected chi connectivity index (χ3v) is 2.60. The van der Waals surface area contributed by atoms with Crippen LogP contribution < -0.4 is 0 Å². The van der Waals surface area contributed by atoms with Crippen LogP contribution in [-0.2, 0) is 11.2 Å². The lowest BCUT2D eigenvalue weighted by Crippen LogP contribution is -1.89. The van der Waals surface area contributed by atoms with Gasteiger partial charge < -0.3 is 15.0 Å². The minimum Gasteiger partial charge on any atom is -0.508 e. The number of phenolic OH excluding ortho intramolecular Hbond substituents is 2. The Morgan fingerprint density at radius 2 is 1.88 bits per heavy atom. The second-order valence-corrected chi connectivity index (χ2v) is 3.67. The summed E-state index contributed by atoms with van der Waals surface area (Å²) in [6.45, 7) is 0. The number of fused-ring (bicyclic) bond motifs is 1. The van der Waals surface area contributed by atoms with E-state index in [0.717, 1.165) is 17.1 Å². The van der Waals surface area contributed by atoms with Crippen LogP contribution in [0.1, 0.15) is 12.0 Å². The van der Waals surface area contributed by atoms with E-state index < -0.39 is 0 Å². The molecule has 2 rings (SSSR count). The van der Waals surface area contributed by atoms with Crippen LogP contribution in [0.3, 0.4) is 0 Å². The van der Waals surface area contributed by atoms with Gasteiger partial charge in [0.15, 0.2) is 0 Å². The van der Waals surface area contributed by atoms with Gasteiger partial charge in [0.1, 0.15) is 17.8 Å². The summed E-state index contributed by atoms with van der Waals surface area (Å²) < 4.78 is 0. The Hall–Kier alpha value is -2.03.